The third kappa shape index (κ3) is 7.71. The molecule has 15 heteroatoms. The number of nitrogens with zero attached hydrogens (tertiary/aromatic N) is 10. The van der Waals surface area contributed by atoms with E-state index in [1.807, 2.05) is 52.6 Å². The Kier molecular flexibility index (Phi) is 10.2. The molecule has 51 heavy (non-hydrogen) atoms. The summed E-state index contributed by atoms with van der Waals surface area (Å²) in [5, 5.41) is 7.72. The lowest BCUT2D eigenvalue weighted by atomic mass is 10.2. The van der Waals surface area contributed by atoms with Crippen LogP contribution < -0.4 is 19.3 Å². The number of hydrogen-bond donors (Lipinski definition) is 0. The Labute approximate surface area is 303 Å². The Morgan fingerprint density at radius 2 is 1.73 bits per heavy atom. The molecular formula is C36H46N10O3SSi. The van der Waals surface area contributed by atoms with Crippen molar-refractivity contribution in [3.63, 3.8) is 0 Å². The summed E-state index contributed by atoms with van der Waals surface area (Å²) in [7, 11) is 4.25. The van der Waals surface area contributed by atoms with Crippen LogP contribution in [-0.2, 0) is 24.6 Å². The van der Waals surface area contributed by atoms with Crippen molar-refractivity contribution in [3.05, 3.63) is 71.6 Å². The maximum atomic E-state index is 6.37. The molecule has 0 unspecified atom stereocenters. The van der Waals surface area contributed by atoms with E-state index in [1.54, 1.807) is 25.6 Å². The lowest BCUT2D eigenvalue weighted by Crippen LogP contribution is -2.45. The van der Waals surface area contributed by atoms with E-state index in [1.165, 1.54) is 0 Å². The third-order valence-electron chi connectivity index (χ3n) is 9.18. The van der Waals surface area contributed by atoms with Crippen molar-refractivity contribution in [1.82, 2.24) is 39.0 Å². The van der Waals surface area contributed by atoms with Crippen molar-refractivity contribution >= 4 is 48.0 Å². The Morgan fingerprint density at radius 1 is 0.922 bits per heavy atom. The van der Waals surface area contributed by atoms with Gasteiger partial charge in [0.15, 0.2) is 5.65 Å². The van der Waals surface area contributed by atoms with Gasteiger partial charge < -0.3 is 28.9 Å². The quantitative estimate of drug-likeness (QED) is 0.0991. The van der Waals surface area contributed by atoms with Crippen LogP contribution in [0.3, 0.4) is 0 Å². The SMILES string of the molecule is COc1ccc(CN(Cc2nc3cccc(OC)c3n2COCC[Si](C)(C)C)c2nc(N3CCN(C)CC3)nc3c(-c4nccs4)cnn23)cc1. The lowest BCUT2D eigenvalue weighted by molar-refractivity contribution is 0.0876. The molecule has 0 aliphatic carbocycles. The van der Waals surface area contributed by atoms with Gasteiger partial charge in [-0.15, -0.1) is 11.3 Å². The van der Waals surface area contributed by atoms with E-state index < -0.39 is 8.07 Å². The highest BCUT2D eigenvalue weighted by molar-refractivity contribution is 7.13. The second-order valence-corrected chi connectivity index (χ2v) is 20.6. The minimum absolute atomic E-state index is 0.356. The Bertz CT molecular complexity index is 2070. The number of fused-ring (bicyclic) bond motifs is 2. The molecule has 5 heterocycles. The lowest BCUT2D eigenvalue weighted by Gasteiger charge is -2.33. The number of para-hydroxylation sites is 1. The highest BCUT2D eigenvalue weighted by Crippen LogP contribution is 2.32. The van der Waals surface area contributed by atoms with Crippen molar-refractivity contribution < 1.29 is 14.2 Å². The van der Waals surface area contributed by atoms with Crippen LogP contribution in [0.5, 0.6) is 11.5 Å². The van der Waals surface area contributed by atoms with Crippen LogP contribution in [0.4, 0.5) is 11.9 Å². The van der Waals surface area contributed by atoms with Gasteiger partial charge in [-0.2, -0.15) is 19.6 Å². The molecule has 1 aliphatic rings. The molecule has 6 aromatic rings. The molecule has 1 fully saturated rings. The van der Waals surface area contributed by atoms with Gasteiger partial charge in [-0.3, -0.25) is 4.57 Å². The first-order valence-corrected chi connectivity index (χ1v) is 21.9. The number of benzene rings is 2. The molecule has 13 nitrogen and oxygen atoms in total. The summed E-state index contributed by atoms with van der Waals surface area (Å²) in [5.74, 6) is 3.72. The number of likely N-dealkylation sites (N-methyl/N-ethyl adjacent to an activating group) is 1. The average molecular weight is 727 g/mol. The van der Waals surface area contributed by atoms with Crippen molar-refractivity contribution in [3.8, 4) is 22.1 Å². The molecule has 0 radical (unpaired) electrons. The topological polar surface area (TPSA) is 111 Å². The number of hydrogen-bond acceptors (Lipinski definition) is 12. The zero-order valence-corrected chi connectivity index (χ0v) is 32.1. The summed E-state index contributed by atoms with van der Waals surface area (Å²) in [6, 6.07) is 15.2. The second-order valence-electron chi connectivity index (χ2n) is 14.1. The molecule has 1 saturated heterocycles. The highest BCUT2D eigenvalue weighted by Gasteiger charge is 2.26. The summed E-state index contributed by atoms with van der Waals surface area (Å²) in [6.45, 7) is 12.6. The van der Waals surface area contributed by atoms with E-state index in [9.17, 15) is 0 Å². The van der Waals surface area contributed by atoms with E-state index in [2.05, 4.69) is 63.1 Å². The van der Waals surface area contributed by atoms with E-state index in [-0.39, 0.29) is 0 Å². The number of thiazole rings is 1. The zero-order valence-electron chi connectivity index (χ0n) is 30.2. The van der Waals surface area contributed by atoms with Gasteiger partial charge >= 0.3 is 0 Å². The second kappa shape index (κ2) is 15.0. The third-order valence-corrected chi connectivity index (χ3v) is 11.7. The molecule has 0 saturated carbocycles. The van der Waals surface area contributed by atoms with Crippen molar-refractivity contribution in [2.75, 3.05) is 63.9 Å². The molecule has 0 atom stereocenters. The zero-order chi connectivity index (χ0) is 35.5. The number of piperazine rings is 1. The van der Waals surface area contributed by atoms with Crippen LogP contribution in [0.15, 0.2) is 60.2 Å². The highest BCUT2D eigenvalue weighted by atomic mass is 32.1. The summed E-state index contributed by atoms with van der Waals surface area (Å²) < 4.78 is 21.7. The van der Waals surface area contributed by atoms with Gasteiger partial charge in [0.1, 0.15) is 34.6 Å². The van der Waals surface area contributed by atoms with Crippen LogP contribution in [0.1, 0.15) is 11.4 Å². The van der Waals surface area contributed by atoms with Crippen LogP contribution in [0, 0.1) is 0 Å². The largest absolute Gasteiger partial charge is 0.497 e. The first-order valence-electron chi connectivity index (χ1n) is 17.3. The average Bonchev–Trinajstić information content (AvgIpc) is 3.89. The standard InChI is InChI=1S/C36H46N10O3SSi/c1-42-15-17-43(18-16-42)35-40-33-28(34-37-14-20-50-34)22-38-46(33)36(41-35)44(23-26-10-12-27(47-2)13-11-26)24-31-39-29-8-7-9-30(48-3)32(29)45(31)25-49-19-21-51(4,5)6/h7-14,20,22H,15-19,21,23-25H2,1-6H3. The van der Waals surface area contributed by atoms with Gasteiger partial charge in [0.05, 0.1) is 38.0 Å². The molecule has 0 bridgehead atoms. The van der Waals surface area contributed by atoms with Gasteiger partial charge in [-0.05, 0) is 42.9 Å². The Hall–Kier alpha value is -4.57. The van der Waals surface area contributed by atoms with Crippen LogP contribution in [0.25, 0.3) is 27.3 Å². The maximum Gasteiger partial charge on any atom is 0.232 e. The van der Waals surface area contributed by atoms with Gasteiger partial charge in [0.2, 0.25) is 11.9 Å². The van der Waals surface area contributed by atoms with Crippen molar-refractivity contribution in [1.29, 1.82) is 0 Å². The van der Waals surface area contributed by atoms with E-state index >= 15 is 0 Å². The van der Waals surface area contributed by atoms with Crippen molar-refractivity contribution in [2.24, 2.45) is 0 Å². The summed E-state index contributed by atoms with van der Waals surface area (Å²) in [6.07, 6.45) is 3.66. The molecule has 268 valence electrons. The molecule has 0 amide bonds. The molecule has 1 aliphatic heterocycles. The van der Waals surface area contributed by atoms with Gasteiger partial charge in [-0.25, -0.2) is 9.97 Å². The molecular weight excluding hydrogens is 681 g/mol. The van der Waals surface area contributed by atoms with Gasteiger partial charge in [0.25, 0.3) is 0 Å². The van der Waals surface area contributed by atoms with Gasteiger partial charge in [0, 0.05) is 59.0 Å². The minimum Gasteiger partial charge on any atom is -0.497 e. The first kappa shape index (κ1) is 34.9. The fourth-order valence-electron chi connectivity index (χ4n) is 6.19. The maximum absolute atomic E-state index is 6.37. The first-order chi connectivity index (χ1) is 24.7. The monoisotopic (exact) mass is 726 g/mol. The predicted octanol–water partition coefficient (Wildman–Crippen LogP) is 5.89. The smallest absolute Gasteiger partial charge is 0.232 e. The summed E-state index contributed by atoms with van der Waals surface area (Å²) in [4.78, 5) is 27.0. The molecule has 2 aromatic carbocycles. The normalized spacial score (nSPS) is 14.1. The summed E-state index contributed by atoms with van der Waals surface area (Å²) in [5.41, 5.74) is 4.43. The number of methoxy groups -OCH3 is 2. The fraction of sp³-hybridized carbons (Fsp3) is 0.417. The molecule has 0 spiro atoms. The number of imidazole rings is 1. The summed E-state index contributed by atoms with van der Waals surface area (Å²) >= 11 is 1.57. The van der Waals surface area contributed by atoms with Crippen LogP contribution in [0.2, 0.25) is 25.7 Å². The van der Waals surface area contributed by atoms with Crippen molar-refractivity contribution in [2.45, 2.75) is 45.5 Å². The van der Waals surface area contributed by atoms with Gasteiger partial charge in [-0.1, -0.05) is 37.8 Å². The molecule has 0 N–H and O–H groups in total. The molecule has 4 aromatic heterocycles. The molecule has 7 rings (SSSR count). The Morgan fingerprint density at radius 3 is 2.43 bits per heavy atom. The van der Waals surface area contributed by atoms with E-state index in [0.29, 0.717) is 44.0 Å². The number of aromatic nitrogens is 7. The number of ether oxygens (including phenoxy) is 3. The van der Waals surface area contributed by atoms with E-state index in [4.69, 9.17) is 34.3 Å². The van der Waals surface area contributed by atoms with Crippen LogP contribution >= 0.6 is 11.3 Å². The number of anilines is 2. The van der Waals surface area contributed by atoms with Crippen LogP contribution in [-0.4, -0.2) is 101 Å². The fourth-order valence-corrected chi connectivity index (χ4v) is 7.59. The minimum atomic E-state index is -1.28. The Balaban J connectivity index is 1.36. The van der Waals surface area contributed by atoms with E-state index in [0.717, 1.165) is 76.7 Å². The number of rotatable bonds is 14. The predicted molar refractivity (Wildman–Crippen MR) is 205 cm³/mol.